The van der Waals surface area contributed by atoms with Gasteiger partial charge in [-0.3, -0.25) is 9.59 Å². The van der Waals surface area contributed by atoms with Crippen LogP contribution in [-0.2, 0) is 4.79 Å². The Morgan fingerprint density at radius 1 is 0.935 bits per heavy atom. The topological polar surface area (TPSA) is 73.0 Å². The highest BCUT2D eigenvalue weighted by Gasteiger charge is 2.59. The summed E-state index contributed by atoms with van der Waals surface area (Å²) < 4.78 is 0. The molecule has 1 N–H and O–H groups in total. The predicted octanol–water partition coefficient (Wildman–Crippen LogP) is 2.69. The Morgan fingerprint density at radius 3 is 2.23 bits per heavy atom. The van der Waals surface area contributed by atoms with Gasteiger partial charge in [0.05, 0.1) is 5.41 Å². The summed E-state index contributed by atoms with van der Waals surface area (Å²) in [5, 5.41) is 2.97. The zero-order valence-electron chi connectivity index (χ0n) is 18.2. The summed E-state index contributed by atoms with van der Waals surface area (Å²) in [6.45, 7) is 3.46. The molecule has 7 nitrogen and oxygen atoms in total. The first kappa shape index (κ1) is 20.9. The van der Waals surface area contributed by atoms with E-state index in [2.05, 4.69) is 5.32 Å². The van der Waals surface area contributed by atoms with Crippen LogP contribution in [0.4, 0.5) is 10.5 Å². The van der Waals surface area contributed by atoms with E-state index in [0.717, 1.165) is 11.3 Å². The molecule has 2 saturated heterocycles. The van der Waals surface area contributed by atoms with Crippen LogP contribution in [0.5, 0.6) is 0 Å². The second-order valence-electron chi connectivity index (χ2n) is 8.73. The molecule has 2 atom stereocenters. The maximum atomic E-state index is 13.3. The van der Waals surface area contributed by atoms with Gasteiger partial charge in [-0.1, -0.05) is 36.4 Å². The Hall–Kier alpha value is -3.35. The fourth-order valence-electron chi connectivity index (χ4n) is 4.79. The number of urea groups is 1. The average Bonchev–Trinajstić information content (AvgIpc) is 3.30. The quantitative estimate of drug-likeness (QED) is 0.830. The van der Waals surface area contributed by atoms with E-state index < -0.39 is 5.41 Å². The van der Waals surface area contributed by atoms with E-state index in [1.54, 1.807) is 40.9 Å². The van der Waals surface area contributed by atoms with Crippen molar-refractivity contribution in [2.75, 3.05) is 45.6 Å². The summed E-state index contributed by atoms with van der Waals surface area (Å²) in [6, 6.07) is 16.5. The van der Waals surface area contributed by atoms with Crippen LogP contribution in [0, 0.1) is 18.3 Å². The third-order valence-electron chi connectivity index (χ3n) is 6.42. The lowest BCUT2D eigenvalue weighted by Crippen LogP contribution is -2.48. The number of hydrogen-bond donors (Lipinski definition) is 1. The molecule has 162 valence electrons. The number of nitrogens with zero attached hydrogens (tertiary/aromatic N) is 3. The lowest BCUT2D eigenvalue weighted by Gasteiger charge is -2.30. The van der Waals surface area contributed by atoms with E-state index in [-0.39, 0.29) is 23.8 Å². The summed E-state index contributed by atoms with van der Waals surface area (Å²) in [6.07, 6.45) is 0. The third-order valence-corrected chi connectivity index (χ3v) is 6.42. The van der Waals surface area contributed by atoms with Crippen molar-refractivity contribution in [3.63, 3.8) is 0 Å². The maximum Gasteiger partial charge on any atom is 0.321 e. The molecule has 2 aromatic carbocycles. The zero-order valence-corrected chi connectivity index (χ0v) is 18.2. The van der Waals surface area contributed by atoms with Crippen molar-refractivity contribution in [1.29, 1.82) is 0 Å². The van der Waals surface area contributed by atoms with E-state index >= 15 is 0 Å². The summed E-state index contributed by atoms with van der Waals surface area (Å²) >= 11 is 0. The number of carbonyl (C=O) groups excluding carboxylic acids is 3. The number of carbonyl (C=O) groups is 3. The van der Waals surface area contributed by atoms with Gasteiger partial charge in [-0.05, 0) is 30.7 Å². The monoisotopic (exact) mass is 420 g/mol. The van der Waals surface area contributed by atoms with Gasteiger partial charge in [0.1, 0.15) is 0 Å². The van der Waals surface area contributed by atoms with Crippen LogP contribution >= 0.6 is 0 Å². The molecule has 2 aliphatic heterocycles. The van der Waals surface area contributed by atoms with Crippen LogP contribution in [0.1, 0.15) is 15.9 Å². The molecule has 31 heavy (non-hydrogen) atoms. The summed E-state index contributed by atoms with van der Waals surface area (Å²) in [5.74, 6) is -0.207. The van der Waals surface area contributed by atoms with Crippen LogP contribution in [0.3, 0.4) is 0 Å². The molecule has 0 aromatic heterocycles. The highest BCUT2D eigenvalue weighted by Crippen LogP contribution is 2.44. The Balaban J connectivity index is 1.54. The molecular formula is C24H28N4O3. The van der Waals surface area contributed by atoms with Crippen molar-refractivity contribution >= 4 is 23.5 Å². The molecule has 2 heterocycles. The minimum Gasteiger partial charge on any atom is -0.348 e. The molecule has 2 aliphatic rings. The van der Waals surface area contributed by atoms with Gasteiger partial charge in [0.15, 0.2) is 0 Å². The molecule has 0 unspecified atom stereocenters. The van der Waals surface area contributed by atoms with Gasteiger partial charge in [0.25, 0.3) is 5.91 Å². The van der Waals surface area contributed by atoms with Crippen LogP contribution in [-0.4, -0.2) is 72.8 Å². The number of anilines is 1. The fourth-order valence-corrected chi connectivity index (χ4v) is 4.79. The van der Waals surface area contributed by atoms with Crippen molar-refractivity contribution < 1.29 is 14.4 Å². The van der Waals surface area contributed by atoms with E-state index in [0.29, 0.717) is 31.7 Å². The van der Waals surface area contributed by atoms with Crippen LogP contribution in [0.2, 0.25) is 0 Å². The maximum absolute atomic E-state index is 13.3. The van der Waals surface area contributed by atoms with Gasteiger partial charge in [-0.2, -0.15) is 0 Å². The first-order valence-electron chi connectivity index (χ1n) is 10.5. The minimum absolute atomic E-state index is 0.0351. The number of likely N-dealkylation sites (tertiary alicyclic amines) is 2. The van der Waals surface area contributed by atoms with Crippen LogP contribution < -0.4 is 5.32 Å². The summed E-state index contributed by atoms with van der Waals surface area (Å²) in [5.41, 5.74) is 1.58. The third kappa shape index (κ3) is 3.76. The minimum atomic E-state index is -0.781. The average molecular weight is 421 g/mol. The van der Waals surface area contributed by atoms with Crippen molar-refractivity contribution in [2.24, 2.45) is 11.3 Å². The predicted molar refractivity (Wildman–Crippen MR) is 119 cm³/mol. The Labute approximate surface area is 182 Å². The van der Waals surface area contributed by atoms with E-state index in [9.17, 15) is 14.4 Å². The zero-order chi connectivity index (χ0) is 22.2. The molecular weight excluding hydrogens is 392 g/mol. The second kappa shape index (κ2) is 8.06. The van der Waals surface area contributed by atoms with Gasteiger partial charge in [-0.15, -0.1) is 0 Å². The number of hydrogen-bond acceptors (Lipinski definition) is 3. The van der Waals surface area contributed by atoms with Crippen molar-refractivity contribution in [1.82, 2.24) is 14.7 Å². The van der Waals surface area contributed by atoms with Gasteiger partial charge >= 0.3 is 6.03 Å². The van der Waals surface area contributed by atoms with Gasteiger partial charge in [0, 0.05) is 57.4 Å². The highest BCUT2D eigenvalue weighted by molar-refractivity contribution is 5.96. The largest absolute Gasteiger partial charge is 0.348 e. The van der Waals surface area contributed by atoms with E-state index in [4.69, 9.17) is 0 Å². The molecule has 0 saturated carbocycles. The van der Waals surface area contributed by atoms with Gasteiger partial charge < -0.3 is 20.0 Å². The SMILES string of the molecule is Cc1ccccc1NC(=O)N1C[C@@H]2CN(C(=O)c3ccccc3)C[C@]2(C(=O)N(C)C)C1. The van der Waals surface area contributed by atoms with Crippen molar-refractivity contribution in [3.05, 3.63) is 65.7 Å². The highest BCUT2D eigenvalue weighted by atomic mass is 16.2. The molecule has 2 aromatic rings. The Morgan fingerprint density at radius 2 is 1.55 bits per heavy atom. The Kier molecular flexibility index (Phi) is 5.43. The van der Waals surface area contributed by atoms with Gasteiger partial charge in [0.2, 0.25) is 5.91 Å². The number of fused-ring (bicyclic) bond motifs is 1. The second-order valence-corrected chi connectivity index (χ2v) is 8.73. The molecule has 0 radical (unpaired) electrons. The molecule has 0 spiro atoms. The number of aryl methyl sites for hydroxylation is 1. The number of para-hydroxylation sites is 1. The fraction of sp³-hybridized carbons (Fsp3) is 0.375. The number of rotatable bonds is 3. The molecule has 4 amide bonds. The van der Waals surface area contributed by atoms with E-state index in [1.807, 2.05) is 49.4 Å². The molecule has 2 fully saturated rings. The number of benzene rings is 2. The summed E-state index contributed by atoms with van der Waals surface area (Å²) in [7, 11) is 3.46. The standard InChI is InChI=1S/C24H28N4O3/c1-17-9-7-8-12-20(17)25-23(31)28-14-19-13-27(21(29)18-10-5-4-6-11-18)15-24(19,16-28)22(30)26(2)3/h4-12,19H,13-16H2,1-3H3,(H,25,31)/t19-,24-/m0/s1. The van der Waals surface area contributed by atoms with Crippen LogP contribution in [0.15, 0.2) is 54.6 Å². The molecule has 0 aliphatic carbocycles. The lowest BCUT2D eigenvalue weighted by molar-refractivity contribution is -0.139. The first-order chi connectivity index (χ1) is 14.8. The Bertz CT molecular complexity index is 1010. The first-order valence-corrected chi connectivity index (χ1v) is 10.5. The van der Waals surface area contributed by atoms with Crippen molar-refractivity contribution in [2.45, 2.75) is 6.92 Å². The molecule has 7 heteroatoms. The van der Waals surface area contributed by atoms with Crippen LogP contribution in [0.25, 0.3) is 0 Å². The number of nitrogens with one attached hydrogen (secondary N) is 1. The number of amides is 4. The molecule has 4 rings (SSSR count). The smallest absolute Gasteiger partial charge is 0.321 e. The summed E-state index contributed by atoms with van der Waals surface area (Å²) in [4.78, 5) is 44.3. The van der Waals surface area contributed by atoms with Gasteiger partial charge in [-0.25, -0.2) is 4.79 Å². The van der Waals surface area contributed by atoms with Crippen molar-refractivity contribution in [3.8, 4) is 0 Å². The van der Waals surface area contributed by atoms with E-state index in [1.165, 1.54) is 0 Å². The normalized spacial score (nSPS) is 22.2. The lowest BCUT2D eigenvalue weighted by atomic mass is 9.80. The molecule has 0 bridgehead atoms.